The van der Waals surface area contributed by atoms with Gasteiger partial charge in [0.2, 0.25) is 0 Å². The fraction of sp³-hybridized carbons (Fsp3) is 0.857. The predicted octanol–water partition coefficient (Wildman–Crippen LogP) is 3.27. The lowest BCUT2D eigenvalue weighted by Gasteiger charge is -2.31. The highest BCUT2D eigenvalue weighted by atomic mass is 32.3. The Balaban J connectivity index is 4.50. The zero-order chi connectivity index (χ0) is 9.12. The molecule has 0 heterocycles. The van der Waals surface area contributed by atoms with Crippen LogP contribution < -0.4 is 0 Å². The highest BCUT2D eigenvalue weighted by Crippen LogP contribution is 2.60. The van der Waals surface area contributed by atoms with E-state index in [0.717, 1.165) is 6.26 Å². The van der Waals surface area contributed by atoms with Crippen molar-refractivity contribution in [1.82, 2.24) is 0 Å². The number of hydrogen-bond acceptors (Lipinski definition) is 1. The quantitative estimate of drug-likeness (QED) is 0.655. The Hall–Kier alpha value is -0.300. The highest BCUT2D eigenvalue weighted by Gasteiger charge is 2.41. The van der Waals surface area contributed by atoms with E-state index in [9.17, 15) is 7.77 Å². The smallest absolute Gasteiger partial charge is 0.136 e. The third kappa shape index (κ3) is 2.33. The van der Waals surface area contributed by atoms with Crippen LogP contribution in [0.15, 0.2) is 0 Å². The fourth-order valence-electron chi connectivity index (χ4n) is 0.792. The average Bonchev–Trinajstić information content (AvgIpc) is 1.86. The summed E-state index contributed by atoms with van der Waals surface area (Å²) in [6, 6.07) is 1.71. The first-order valence-corrected chi connectivity index (χ1v) is 5.30. The minimum Gasteiger partial charge on any atom is -0.197 e. The Kier molecular flexibility index (Phi) is 3.30. The third-order valence-corrected chi connectivity index (χ3v) is 3.63. The lowest BCUT2D eigenvalue weighted by Crippen LogP contribution is -2.24. The van der Waals surface area contributed by atoms with Crippen molar-refractivity contribution >= 4 is 10.8 Å². The maximum absolute atomic E-state index is 12.8. The second-order valence-electron chi connectivity index (χ2n) is 2.82. The third-order valence-electron chi connectivity index (χ3n) is 1.75. The largest absolute Gasteiger partial charge is 0.197 e. The molecule has 11 heavy (non-hydrogen) atoms. The van der Waals surface area contributed by atoms with Crippen LogP contribution in [0.2, 0.25) is 0 Å². The van der Waals surface area contributed by atoms with Gasteiger partial charge >= 0.3 is 0 Å². The van der Waals surface area contributed by atoms with E-state index in [2.05, 4.69) is 0 Å². The fourth-order valence-corrected chi connectivity index (χ4v) is 1.52. The van der Waals surface area contributed by atoms with Crippen LogP contribution in [0, 0.1) is 11.3 Å². The molecule has 0 aromatic carbocycles. The van der Waals surface area contributed by atoms with Gasteiger partial charge in [0.15, 0.2) is 0 Å². The van der Waals surface area contributed by atoms with E-state index < -0.39 is 15.5 Å². The molecule has 0 aliphatic heterocycles. The van der Waals surface area contributed by atoms with Gasteiger partial charge in [0.1, 0.15) is 4.75 Å². The zero-order valence-electron chi connectivity index (χ0n) is 7.03. The summed E-state index contributed by atoms with van der Waals surface area (Å²) in [4.78, 5) is 0. The Morgan fingerprint density at radius 3 is 2.09 bits per heavy atom. The monoisotopic (exact) mass is 181 g/mol. The van der Waals surface area contributed by atoms with Gasteiger partial charge in [-0.25, -0.2) is 0 Å². The molecule has 0 saturated carbocycles. The standard InChI is InChI=1S/C7H13F2NS/c1-4-5-7(2,6-10)11(3,8)9/h4-5H2,1-3H3. The number of hydrogen-bond donors (Lipinski definition) is 0. The van der Waals surface area contributed by atoms with Gasteiger partial charge in [-0.3, -0.25) is 0 Å². The number of rotatable bonds is 3. The second kappa shape index (κ2) is 3.40. The van der Waals surface area contributed by atoms with Gasteiger partial charge in [0, 0.05) is 6.26 Å². The van der Waals surface area contributed by atoms with Crippen molar-refractivity contribution in [3.8, 4) is 6.07 Å². The summed E-state index contributed by atoms with van der Waals surface area (Å²) in [6.45, 7) is 3.15. The van der Waals surface area contributed by atoms with Gasteiger partial charge in [0.25, 0.3) is 0 Å². The van der Waals surface area contributed by atoms with Gasteiger partial charge < -0.3 is 0 Å². The van der Waals surface area contributed by atoms with E-state index >= 15 is 0 Å². The van der Waals surface area contributed by atoms with Gasteiger partial charge in [-0.2, -0.15) is 13.0 Å². The molecule has 0 saturated heterocycles. The molecule has 66 valence electrons. The summed E-state index contributed by atoms with van der Waals surface area (Å²) in [6.07, 6.45) is 1.79. The Morgan fingerprint density at radius 1 is 1.55 bits per heavy atom. The van der Waals surface area contributed by atoms with Crippen LogP contribution in [0.5, 0.6) is 0 Å². The molecule has 0 aromatic rings. The van der Waals surface area contributed by atoms with Gasteiger partial charge in [0.05, 0.1) is 16.9 Å². The lowest BCUT2D eigenvalue weighted by atomic mass is 10.1. The summed E-state index contributed by atoms with van der Waals surface area (Å²) in [5, 5.41) is 8.54. The van der Waals surface area contributed by atoms with Crippen LogP contribution in [0.4, 0.5) is 7.77 Å². The van der Waals surface area contributed by atoms with Gasteiger partial charge in [-0.1, -0.05) is 13.3 Å². The molecule has 0 rings (SSSR count). The Bertz CT molecular complexity index is 170. The molecule has 0 aliphatic carbocycles. The maximum Gasteiger partial charge on any atom is 0.136 e. The van der Waals surface area contributed by atoms with Crippen molar-refractivity contribution in [2.75, 3.05) is 6.26 Å². The first-order valence-electron chi connectivity index (χ1n) is 3.46. The van der Waals surface area contributed by atoms with E-state index in [4.69, 9.17) is 5.26 Å². The SMILES string of the molecule is CCCC(C)(C#N)S(C)(F)F. The molecule has 4 heteroatoms. The normalized spacial score (nSPS) is 18.5. The van der Waals surface area contributed by atoms with E-state index in [1.54, 1.807) is 13.0 Å². The van der Waals surface area contributed by atoms with Crippen molar-refractivity contribution in [2.24, 2.45) is 0 Å². The van der Waals surface area contributed by atoms with E-state index in [-0.39, 0.29) is 6.42 Å². The molecule has 0 bridgehead atoms. The molecule has 1 nitrogen and oxygen atoms in total. The molecule has 1 atom stereocenters. The van der Waals surface area contributed by atoms with Crippen LogP contribution in [0.3, 0.4) is 0 Å². The van der Waals surface area contributed by atoms with Crippen LogP contribution in [0.1, 0.15) is 26.7 Å². The molecule has 0 spiro atoms. The molecule has 0 aromatic heterocycles. The van der Waals surface area contributed by atoms with Crippen LogP contribution in [-0.4, -0.2) is 11.0 Å². The van der Waals surface area contributed by atoms with Crippen LogP contribution in [0.25, 0.3) is 0 Å². The van der Waals surface area contributed by atoms with Gasteiger partial charge in [-0.15, -0.1) is 0 Å². The molecule has 0 aliphatic rings. The molecule has 0 fully saturated rings. The number of halogens is 2. The van der Waals surface area contributed by atoms with Crippen molar-refractivity contribution in [3.05, 3.63) is 0 Å². The number of nitrogens with zero attached hydrogens (tertiary/aromatic N) is 1. The first-order chi connectivity index (χ1) is 4.87. The lowest BCUT2D eigenvalue weighted by molar-refractivity contribution is 0.610. The summed E-state index contributed by atoms with van der Waals surface area (Å²) in [5.41, 5.74) is 0. The topological polar surface area (TPSA) is 23.8 Å². The summed E-state index contributed by atoms with van der Waals surface area (Å²) < 4.78 is 24.2. The number of nitriles is 1. The molecule has 0 amide bonds. The average molecular weight is 181 g/mol. The van der Waals surface area contributed by atoms with E-state index in [0.29, 0.717) is 6.42 Å². The molecular weight excluding hydrogens is 168 g/mol. The summed E-state index contributed by atoms with van der Waals surface area (Å²) in [7, 11) is -3.74. The van der Waals surface area contributed by atoms with Crippen LogP contribution in [-0.2, 0) is 0 Å². The Morgan fingerprint density at radius 2 is 2.00 bits per heavy atom. The molecule has 0 N–H and O–H groups in total. The maximum atomic E-state index is 12.8. The van der Waals surface area contributed by atoms with Crippen LogP contribution >= 0.6 is 10.8 Å². The highest BCUT2D eigenvalue weighted by molar-refractivity contribution is 8.26. The summed E-state index contributed by atoms with van der Waals surface area (Å²) in [5.74, 6) is 0. The second-order valence-corrected chi connectivity index (χ2v) is 5.17. The van der Waals surface area contributed by atoms with Crippen molar-refractivity contribution in [2.45, 2.75) is 31.4 Å². The minimum atomic E-state index is -3.74. The molecule has 0 radical (unpaired) electrons. The molecular formula is C7H13F2NS. The zero-order valence-corrected chi connectivity index (χ0v) is 7.84. The molecule has 1 unspecified atom stereocenters. The minimum absolute atomic E-state index is 0.280. The van der Waals surface area contributed by atoms with Crippen molar-refractivity contribution in [1.29, 1.82) is 5.26 Å². The summed E-state index contributed by atoms with van der Waals surface area (Å²) >= 11 is 0. The van der Waals surface area contributed by atoms with Gasteiger partial charge in [-0.05, 0) is 13.3 Å². The Labute approximate surface area is 68.3 Å². The van der Waals surface area contributed by atoms with Crippen molar-refractivity contribution < 1.29 is 7.77 Å². The predicted molar refractivity (Wildman–Crippen MR) is 44.7 cm³/mol. The first kappa shape index (κ1) is 10.7. The van der Waals surface area contributed by atoms with E-state index in [1.165, 1.54) is 6.92 Å². The van der Waals surface area contributed by atoms with Crippen molar-refractivity contribution in [3.63, 3.8) is 0 Å². The van der Waals surface area contributed by atoms with E-state index in [1.807, 2.05) is 0 Å².